The van der Waals surface area contributed by atoms with Gasteiger partial charge < -0.3 is 4.57 Å². The molecule has 5 nitrogen and oxygen atoms in total. The van der Waals surface area contributed by atoms with E-state index < -0.39 is 5.82 Å². The first-order valence-electron chi connectivity index (χ1n) is 8.89. The summed E-state index contributed by atoms with van der Waals surface area (Å²) in [7, 11) is 0. The second-order valence-corrected chi connectivity index (χ2v) is 9.28. The van der Waals surface area contributed by atoms with Crippen LogP contribution in [0.1, 0.15) is 23.9 Å². The number of thioether (sulfide) groups is 2. The van der Waals surface area contributed by atoms with Gasteiger partial charge in [0.25, 0.3) is 0 Å². The summed E-state index contributed by atoms with van der Waals surface area (Å²) in [4.78, 5) is 4.65. The van der Waals surface area contributed by atoms with E-state index in [-0.39, 0.29) is 0 Å². The van der Waals surface area contributed by atoms with Gasteiger partial charge in [-0.05, 0) is 36.8 Å². The van der Waals surface area contributed by atoms with Crippen LogP contribution in [-0.2, 0) is 18.1 Å². The van der Waals surface area contributed by atoms with Crippen molar-refractivity contribution in [3.8, 4) is 6.07 Å². The molecule has 0 radical (unpaired) electrons. The molecule has 9 heteroatoms. The summed E-state index contributed by atoms with van der Waals surface area (Å²) in [5.41, 5.74) is 2.16. The second-order valence-electron chi connectivity index (χ2n) is 6.08. The SMILES string of the molecule is CCn1c(CSc2nc3ccccc3s2)nnc1SCc1ccc(F)cc1C#N. The Morgan fingerprint density at radius 3 is 2.79 bits per heavy atom. The highest BCUT2D eigenvalue weighted by Crippen LogP contribution is 2.32. The predicted octanol–water partition coefficient (Wildman–Crippen LogP) is 5.50. The third-order valence-corrected chi connectivity index (χ3v) is 7.45. The summed E-state index contributed by atoms with van der Waals surface area (Å²) in [5, 5.41) is 18.7. The van der Waals surface area contributed by atoms with Crippen molar-refractivity contribution in [2.75, 3.05) is 0 Å². The van der Waals surface area contributed by atoms with Crippen molar-refractivity contribution in [3.05, 3.63) is 65.2 Å². The standard InChI is InChI=1S/C20H16FN5S3/c1-2-26-18(12-28-20-23-16-5-3-4-6-17(16)29-20)24-25-19(26)27-11-13-7-8-15(21)9-14(13)10-22/h3-9H,2,11-12H2,1H3. The Kier molecular flexibility index (Phi) is 6.13. The van der Waals surface area contributed by atoms with Crippen LogP contribution < -0.4 is 0 Å². The van der Waals surface area contributed by atoms with Crippen molar-refractivity contribution in [2.24, 2.45) is 0 Å². The number of hydrogen-bond donors (Lipinski definition) is 0. The van der Waals surface area contributed by atoms with E-state index >= 15 is 0 Å². The highest BCUT2D eigenvalue weighted by molar-refractivity contribution is 8.00. The Bertz CT molecular complexity index is 1160. The Balaban J connectivity index is 1.46. The van der Waals surface area contributed by atoms with Crippen LogP contribution in [0.15, 0.2) is 52.0 Å². The molecular weight excluding hydrogens is 425 g/mol. The van der Waals surface area contributed by atoms with Gasteiger partial charge in [0.15, 0.2) is 9.50 Å². The number of hydrogen-bond acceptors (Lipinski definition) is 7. The molecule has 0 spiro atoms. The molecule has 0 amide bonds. The van der Waals surface area contributed by atoms with Crippen LogP contribution in [0.4, 0.5) is 4.39 Å². The summed E-state index contributed by atoms with van der Waals surface area (Å²) >= 11 is 4.83. The lowest BCUT2D eigenvalue weighted by Crippen LogP contribution is -2.02. The fourth-order valence-electron chi connectivity index (χ4n) is 2.81. The van der Waals surface area contributed by atoms with Crippen molar-refractivity contribution in [1.29, 1.82) is 5.26 Å². The molecule has 0 aliphatic heterocycles. The van der Waals surface area contributed by atoms with Gasteiger partial charge in [-0.25, -0.2) is 9.37 Å². The average molecular weight is 442 g/mol. The fourth-order valence-corrected chi connectivity index (χ4v) is 5.84. The summed E-state index contributed by atoms with van der Waals surface area (Å²) in [6.07, 6.45) is 0. The number of nitriles is 1. The lowest BCUT2D eigenvalue weighted by Gasteiger charge is -2.07. The van der Waals surface area contributed by atoms with E-state index in [0.717, 1.165) is 32.9 Å². The molecule has 0 atom stereocenters. The molecular formula is C20H16FN5S3. The summed E-state index contributed by atoms with van der Waals surface area (Å²) in [5.74, 6) is 1.70. The average Bonchev–Trinajstić information content (AvgIpc) is 3.34. The molecule has 0 aliphatic carbocycles. The fraction of sp³-hybridized carbons (Fsp3) is 0.200. The van der Waals surface area contributed by atoms with Crippen LogP contribution in [0.3, 0.4) is 0 Å². The van der Waals surface area contributed by atoms with E-state index in [2.05, 4.69) is 38.8 Å². The number of benzene rings is 2. The van der Waals surface area contributed by atoms with E-state index in [0.29, 0.717) is 17.1 Å². The lowest BCUT2D eigenvalue weighted by molar-refractivity contribution is 0.627. The van der Waals surface area contributed by atoms with Gasteiger partial charge in [-0.15, -0.1) is 21.5 Å². The number of fused-ring (bicyclic) bond motifs is 1. The Morgan fingerprint density at radius 2 is 2.00 bits per heavy atom. The van der Waals surface area contributed by atoms with Gasteiger partial charge in [-0.1, -0.05) is 41.7 Å². The molecule has 0 fully saturated rings. The highest BCUT2D eigenvalue weighted by atomic mass is 32.2. The van der Waals surface area contributed by atoms with Crippen LogP contribution in [0, 0.1) is 17.1 Å². The topological polar surface area (TPSA) is 67.4 Å². The maximum atomic E-state index is 13.3. The summed E-state index contributed by atoms with van der Waals surface area (Å²) in [6.45, 7) is 2.80. The van der Waals surface area contributed by atoms with E-state index in [4.69, 9.17) is 0 Å². The molecule has 0 unspecified atom stereocenters. The zero-order valence-electron chi connectivity index (χ0n) is 15.5. The summed E-state index contributed by atoms with van der Waals surface area (Å²) in [6, 6.07) is 14.4. The maximum absolute atomic E-state index is 13.3. The number of rotatable bonds is 7. The third kappa shape index (κ3) is 4.45. The first-order valence-corrected chi connectivity index (χ1v) is 11.7. The molecule has 0 saturated carbocycles. The largest absolute Gasteiger partial charge is 0.306 e. The Labute approximate surface area is 180 Å². The van der Waals surface area contributed by atoms with Gasteiger partial charge >= 0.3 is 0 Å². The molecule has 0 bridgehead atoms. The first kappa shape index (κ1) is 19.9. The minimum absolute atomic E-state index is 0.353. The molecule has 2 aromatic heterocycles. The lowest BCUT2D eigenvalue weighted by atomic mass is 10.1. The number of nitrogens with zero attached hydrogens (tertiary/aromatic N) is 5. The van der Waals surface area contributed by atoms with Gasteiger partial charge in [0, 0.05) is 12.3 Å². The van der Waals surface area contributed by atoms with Gasteiger partial charge in [-0.3, -0.25) is 0 Å². The number of thiazole rings is 1. The zero-order valence-corrected chi connectivity index (χ0v) is 18.0. The maximum Gasteiger partial charge on any atom is 0.191 e. The molecule has 4 aromatic rings. The molecule has 0 saturated heterocycles. The van der Waals surface area contributed by atoms with Crippen LogP contribution >= 0.6 is 34.9 Å². The number of para-hydroxylation sites is 1. The van der Waals surface area contributed by atoms with Crippen LogP contribution in [0.25, 0.3) is 10.2 Å². The van der Waals surface area contributed by atoms with E-state index in [1.165, 1.54) is 28.6 Å². The van der Waals surface area contributed by atoms with Crippen molar-refractivity contribution >= 4 is 45.1 Å². The summed E-state index contributed by atoms with van der Waals surface area (Å²) < 4.78 is 17.6. The number of halogens is 1. The molecule has 0 aliphatic rings. The first-order chi connectivity index (χ1) is 14.2. The monoisotopic (exact) mass is 441 g/mol. The van der Waals surface area contributed by atoms with Gasteiger partial charge in [0.2, 0.25) is 0 Å². The molecule has 146 valence electrons. The van der Waals surface area contributed by atoms with Crippen LogP contribution in [0.2, 0.25) is 0 Å². The van der Waals surface area contributed by atoms with Crippen LogP contribution in [0.5, 0.6) is 0 Å². The van der Waals surface area contributed by atoms with Gasteiger partial charge in [-0.2, -0.15) is 5.26 Å². The zero-order chi connectivity index (χ0) is 20.2. The minimum Gasteiger partial charge on any atom is -0.306 e. The predicted molar refractivity (Wildman–Crippen MR) is 116 cm³/mol. The molecule has 29 heavy (non-hydrogen) atoms. The minimum atomic E-state index is -0.402. The quantitative estimate of drug-likeness (QED) is 0.353. The highest BCUT2D eigenvalue weighted by Gasteiger charge is 2.14. The second kappa shape index (κ2) is 8.95. The van der Waals surface area contributed by atoms with Crippen molar-refractivity contribution in [1.82, 2.24) is 19.7 Å². The molecule has 2 heterocycles. The number of aromatic nitrogens is 4. The van der Waals surface area contributed by atoms with Gasteiger partial charge in [0.05, 0.1) is 27.6 Å². The van der Waals surface area contributed by atoms with E-state index in [1.54, 1.807) is 29.2 Å². The molecule has 2 aromatic carbocycles. The Hall–Kier alpha value is -2.41. The normalized spacial score (nSPS) is 11.1. The smallest absolute Gasteiger partial charge is 0.191 e. The Morgan fingerprint density at radius 1 is 1.14 bits per heavy atom. The van der Waals surface area contributed by atoms with Crippen molar-refractivity contribution < 1.29 is 4.39 Å². The third-order valence-electron chi connectivity index (χ3n) is 4.26. The van der Waals surface area contributed by atoms with Gasteiger partial charge in [0.1, 0.15) is 11.6 Å². The van der Waals surface area contributed by atoms with Crippen LogP contribution in [-0.4, -0.2) is 19.7 Å². The molecule has 4 rings (SSSR count). The van der Waals surface area contributed by atoms with E-state index in [1.807, 2.05) is 18.2 Å². The molecule has 0 N–H and O–H groups in total. The van der Waals surface area contributed by atoms with E-state index in [9.17, 15) is 9.65 Å². The van der Waals surface area contributed by atoms with Crippen molar-refractivity contribution in [2.45, 2.75) is 34.5 Å². The van der Waals surface area contributed by atoms with Crippen molar-refractivity contribution in [3.63, 3.8) is 0 Å².